The SMILES string of the molecule is Cc1oc(CN(C)C2CCCC(C)C2)cc1CN. The zero-order valence-electron chi connectivity index (χ0n) is 11.9. The van der Waals surface area contributed by atoms with E-state index in [1.54, 1.807) is 0 Å². The number of nitrogens with two attached hydrogens (primary N) is 1. The number of aryl methyl sites for hydroxylation is 1. The Morgan fingerprint density at radius 1 is 1.44 bits per heavy atom. The zero-order valence-corrected chi connectivity index (χ0v) is 11.9. The lowest BCUT2D eigenvalue weighted by Gasteiger charge is -2.33. The molecular weight excluding hydrogens is 224 g/mol. The minimum Gasteiger partial charge on any atom is -0.465 e. The summed E-state index contributed by atoms with van der Waals surface area (Å²) in [6.07, 6.45) is 5.40. The quantitative estimate of drug-likeness (QED) is 0.893. The third kappa shape index (κ3) is 3.15. The summed E-state index contributed by atoms with van der Waals surface area (Å²) >= 11 is 0. The Morgan fingerprint density at radius 3 is 2.83 bits per heavy atom. The highest BCUT2D eigenvalue weighted by molar-refractivity contribution is 5.20. The van der Waals surface area contributed by atoms with E-state index in [0.717, 1.165) is 29.5 Å². The predicted octanol–water partition coefficient (Wildman–Crippen LogP) is 3.06. The summed E-state index contributed by atoms with van der Waals surface area (Å²) in [4.78, 5) is 2.44. The average molecular weight is 250 g/mol. The van der Waals surface area contributed by atoms with E-state index in [1.165, 1.54) is 25.7 Å². The van der Waals surface area contributed by atoms with Crippen molar-refractivity contribution >= 4 is 0 Å². The van der Waals surface area contributed by atoms with Crippen LogP contribution in [-0.2, 0) is 13.1 Å². The Morgan fingerprint density at radius 2 is 2.22 bits per heavy atom. The second-order valence-corrected chi connectivity index (χ2v) is 5.84. The van der Waals surface area contributed by atoms with Gasteiger partial charge in [-0.1, -0.05) is 19.8 Å². The van der Waals surface area contributed by atoms with Gasteiger partial charge in [0.1, 0.15) is 11.5 Å². The van der Waals surface area contributed by atoms with Gasteiger partial charge in [-0.3, -0.25) is 4.90 Å². The highest BCUT2D eigenvalue weighted by atomic mass is 16.3. The second kappa shape index (κ2) is 5.89. The number of hydrogen-bond donors (Lipinski definition) is 1. The molecule has 1 aromatic rings. The van der Waals surface area contributed by atoms with Crippen molar-refractivity contribution in [3.8, 4) is 0 Å². The van der Waals surface area contributed by atoms with Crippen molar-refractivity contribution in [2.45, 2.75) is 58.7 Å². The molecule has 2 atom stereocenters. The zero-order chi connectivity index (χ0) is 13.1. The minimum absolute atomic E-state index is 0.569. The van der Waals surface area contributed by atoms with E-state index >= 15 is 0 Å². The minimum atomic E-state index is 0.569. The van der Waals surface area contributed by atoms with Gasteiger partial charge in [0.2, 0.25) is 0 Å². The normalized spacial score (nSPS) is 24.7. The Labute approximate surface area is 110 Å². The average Bonchev–Trinajstić information content (AvgIpc) is 2.69. The standard InChI is InChI=1S/C15H26N2O/c1-11-5-4-6-14(7-11)17(3)10-15-8-13(9-16)12(2)18-15/h8,11,14H,4-7,9-10,16H2,1-3H3. The first-order valence-corrected chi connectivity index (χ1v) is 7.08. The van der Waals surface area contributed by atoms with Crippen LogP contribution in [0.1, 0.15) is 49.7 Å². The summed E-state index contributed by atoms with van der Waals surface area (Å²) in [5.74, 6) is 2.88. The number of hydrogen-bond acceptors (Lipinski definition) is 3. The van der Waals surface area contributed by atoms with Crippen LogP contribution in [0.5, 0.6) is 0 Å². The van der Waals surface area contributed by atoms with E-state index in [4.69, 9.17) is 10.2 Å². The first kappa shape index (κ1) is 13.6. The van der Waals surface area contributed by atoms with Gasteiger partial charge < -0.3 is 10.2 Å². The third-order valence-electron chi connectivity index (χ3n) is 4.23. The maximum absolute atomic E-state index is 5.77. The molecule has 2 unspecified atom stereocenters. The van der Waals surface area contributed by atoms with Crippen LogP contribution in [0.2, 0.25) is 0 Å². The molecule has 0 radical (unpaired) electrons. The maximum Gasteiger partial charge on any atom is 0.118 e. The molecule has 1 saturated carbocycles. The number of rotatable bonds is 4. The molecule has 1 aliphatic carbocycles. The lowest BCUT2D eigenvalue weighted by Crippen LogP contribution is -2.34. The van der Waals surface area contributed by atoms with E-state index in [9.17, 15) is 0 Å². The molecule has 102 valence electrons. The smallest absolute Gasteiger partial charge is 0.118 e. The van der Waals surface area contributed by atoms with Crippen molar-refractivity contribution in [3.63, 3.8) is 0 Å². The third-order valence-corrected chi connectivity index (χ3v) is 4.23. The van der Waals surface area contributed by atoms with Crippen LogP contribution in [0.15, 0.2) is 10.5 Å². The maximum atomic E-state index is 5.77. The number of nitrogens with zero attached hydrogens (tertiary/aromatic N) is 1. The van der Waals surface area contributed by atoms with Crippen LogP contribution >= 0.6 is 0 Å². The van der Waals surface area contributed by atoms with E-state index in [2.05, 4.69) is 24.9 Å². The molecule has 0 saturated heterocycles. The van der Waals surface area contributed by atoms with Gasteiger partial charge in [-0.15, -0.1) is 0 Å². The van der Waals surface area contributed by atoms with Crippen LogP contribution < -0.4 is 5.73 Å². The summed E-state index contributed by atoms with van der Waals surface area (Å²) < 4.78 is 5.77. The molecule has 2 rings (SSSR count). The van der Waals surface area contributed by atoms with E-state index in [1.807, 2.05) is 6.92 Å². The van der Waals surface area contributed by atoms with Crippen molar-refractivity contribution in [2.24, 2.45) is 11.7 Å². The largest absolute Gasteiger partial charge is 0.465 e. The van der Waals surface area contributed by atoms with Crippen molar-refractivity contribution in [2.75, 3.05) is 7.05 Å². The Kier molecular flexibility index (Phi) is 4.46. The fraction of sp³-hybridized carbons (Fsp3) is 0.733. The van der Waals surface area contributed by atoms with Gasteiger partial charge in [-0.2, -0.15) is 0 Å². The van der Waals surface area contributed by atoms with E-state index in [0.29, 0.717) is 12.6 Å². The molecule has 0 aliphatic heterocycles. The highest BCUT2D eigenvalue weighted by Crippen LogP contribution is 2.27. The molecule has 1 fully saturated rings. The Bertz CT molecular complexity index is 386. The molecule has 0 bridgehead atoms. The summed E-state index contributed by atoms with van der Waals surface area (Å²) in [5.41, 5.74) is 6.82. The Balaban J connectivity index is 1.95. The molecule has 1 heterocycles. The summed E-state index contributed by atoms with van der Waals surface area (Å²) in [6.45, 7) is 5.83. The summed E-state index contributed by atoms with van der Waals surface area (Å²) in [5, 5.41) is 0. The van der Waals surface area contributed by atoms with Gasteiger partial charge in [0.25, 0.3) is 0 Å². The summed E-state index contributed by atoms with van der Waals surface area (Å²) in [6, 6.07) is 2.82. The summed E-state index contributed by atoms with van der Waals surface area (Å²) in [7, 11) is 2.21. The fourth-order valence-corrected chi connectivity index (χ4v) is 3.05. The van der Waals surface area contributed by atoms with Crippen LogP contribution in [-0.4, -0.2) is 18.0 Å². The molecule has 0 aromatic carbocycles. The predicted molar refractivity (Wildman–Crippen MR) is 74.2 cm³/mol. The highest BCUT2D eigenvalue weighted by Gasteiger charge is 2.23. The van der Waals surface area contributed by atoms with Crippen molar-refractivity contribution in [3.05, 3.63) is 23.2 Å². The van der Waals surface area contributed by atoms with Gasteiger partial charge in [0.15, 0.2) is 0 Å². The van der Waals surface area contributed by atoms with E-state index < -0.39 is 0 Å². The molecule has 1 aliphatic rings. The van der Waals surface area contributed by atoms with Crippen molar-refractivity contribution in [1.82, 2.24) is 4.90 Å². The monoisotopic (exact) mass is 250 g/mol. The first-order chi connectivity index (χ1) is 8.60. The van der Waals surface area contributed by atoms with Crippen molar-refractivity contribution < 1.29 is 4.42 Å². The first-order valence-electron chi connectivity index (χ1n) is 7.08. The van der Waals surface area contributed by atoms with Crippen molar-refractivity contribution in [1.29, 1.82) is 0 Å². The van der Waals surface area contributed by atoms with Gasteiger partial charge in [-0.05, 0) is 38.8 Å². The molecule has 18 heavy (non-hydrogen) atoms. The molecule has 3 heteroatoms. The van der Waals surface area contributed by atoms with Gasteiger partial charge in [-0.25, -0.2) is 0 Å². The van der Waals surface area contributed by atoms with Crippen LogP contribution in [0.4, 0.5) is 0 Å². The number of furan rings is 1. The van der Waals surface area contributed by atoms with Crippen LogP contribution in [0, 0.1) is 12.8 Å². The fourth-order valence-electron chi connectivity index (χ4n) is 3.05. The molecule has 0 spiro atoms. The van der Waals surface area contributed by atoms with E-state index in [-0.39, 0.29) is 0 Å². The van der Waals surface area contributed by atoms with Crippen LogP contribution in [0.3, 0.4) is 0 Å². The topological polar surface area (TPSA) is 42.4 Å². The molecule has 0 amide bonds. The molecule has 1 aromatic heterocycles. The second-order valence-electron chi connectivity index (χ2n) is 5.84. The lowest BCUT2D eigenvalue weighted by molar-refractivity contribution is 0.148. The molecule has 2 N–H and O–H groups in total. The van der Waals surface area contributed by atoms with Gasteiger partial charge in [0, 0.05) is 18.2 Å². The molecule has 3 nitrogen and oxygen atoms in total. The Hall–Kier alpha value is -0.800. The van der Waals surface area contributed by atoms with Crippen LogP contribution in [0.25, 0.3) is 0 Å². The lowest BCUT2D eigenvalue weighted by atomic mass is 9.86. The van der Waals surface area contributed by atoms with Gasteiger partial charge >= 0.3 is 0 Å². The molecular formula is C15H26N2O. The van der Waals surface area contributed by atoms with Gasteiger partial charge in [0.05, 0.1) is 6.54 Å².